The molecule has 4 heteroatoms. The molecule has 2 unspecified atom stereocenters. The predicted octanol–water partition coefficient (Wildman–Crippen LogP) is 1.50. The standard InChI is InChI=1S/C11H17N3S/c1-14-7-13-8-4-5-12-10(11(8)14)9-3-2-6-15-9/h7,9-10,12H,2-6H2,1H3. The van der Waals surface area contributed by atoms with Gasteiger partial charge in [0.25, 0.3) is 0 Å². The molecule has 0 aliphatic carbocycles. The Morgan fingerprint density at radius 3 is 3.33 bits per heavy atom. The monoisotopic (exact) mass is 223 g/mol. The van der Waals surface area contributed by atoms with Crippen molar-refractivity contribution in [2.75, 3.05) is 12.3 Å². The van der Waals surface area contributed by atoms with Crippen molar-refractivity contribution in [1.29, 1.82) is 0 Å². The van der Waals surface area contributed by atoms with Gasteiger partial charge in [-0.2, -0.15) is 11.8 Å². The van der Waals surface area contributed by atoms with Gasteiger partial charge in [0.15, 0.2) is 0 Å². The number of imidazole rings is 1. The van der Waals surface area contributed by atoms with Crippen LogP contribution >= 0.6 is 11.8 Å². The fourth-order valence-electron chi connectivity index (χ4n) is 2.70. The van der Waals surface area contributed by atoms with Gasteiger partial charge in [0, 0.05) is 25.3 Å². The Bertz CT molecular complexity index is 355. The predicted molar refractivity (Wildman–Crippen MR) is 63.1 cm³/mol. The van der Waals surface area contributed by atoms with Crippen molar-refractivity contribution in [3.05, 3.63) is 17.7 Å². The number of aromatic nitrogens is 2. The van der Waals surface area contributed by atoms with Gasteiger partial charge < -0.3 is 9.88 Å². The maximum atomic E-state index is 4.49. The van der Waals surface area contributed by atoms with Crippen LogP contribution < -0.4 is 5.32 Å². The molecule has 1 fully saturated rings. The van der Waals surface area contributed by atoms with Crippen molar-refractivity contribution in [1.82, 2.24) is 14.9 Å². The van der Waals surface area contributed by atoms with E-state index in [4.69, 9.17) is 0 Å². The lowest BCUT2D eigenvalue weighted by molar-refractivity contribution is 0.456. The molecule has 0 spiro atoms. The summed E-state index contributed by atoms with van der Waals surface area (Å²) in [5.41, 5.74) is 2.74. The van der Waals surface area contributed by atoms with Crippen molar-refractivity contribution in [2.24, 2.45) is 7.05 Å². The lowest BCUT2D eigenvalue weighted by Crippen LogP contribution is -2.36. The minimum atomic E-state index is 0.536. The van der Waals surface area contributed by atoms with Crippen molar-refractivity contribution >= 4 is 11.8 Å². The van der Waals surface area contributed by atoms with Crippen LogP contribution in [0.25, 0.3) is 0 Å². The largest absolute Gasteiger partial charge is 0.336 e. The van der Waals surface area contributed by atoms with E-state index in [1.165, 1.54) is 30.0 Å². The summed E-state index contributed by atoms with van der Waals surface area (Å²) in [5, 5.41) is 4.43. The first-order valence-corrected chi connectivity index (χ1v) is 6.76. The summed E-state index contributed by atoms with van der Waals surface area (Å²) in [7, 11) is 2.12. The molecular formula is C11H17N3S. The van der Waals surface area contributed by atoms with E-state index in [1.54, 1.807) is 0 Å². The average molecular weight is 223 g/mol. The molecule has 0 amide bonds. The van der Waals surface area contributed by atoms with Gasteiger partial charge >= 0.3 is 0 Å². The molecule has 2 aliphatic rings. The number of rotatable bonds is 1. The van der Waals surface area contributed by atoms with Crippen LogP contribution in [0.2, 0.25) is 0 Å². The number of fused-ring (bicyclic) bond motifs is 1. The molecule has 0 aromatic carbocycles. The number of nitrogens with zero attached hydrogens (tertiary/aromatic N) is 2. The third-order valence-electron chi connectivity index (χ3n) is 3.42. The molecular weight excluding hydrogens is 206 g/mol. The minimum absolute atomic E-state index is 0.536. The summed E-state index contributed by atoms with van der Waals surface area (Å²) in [4.78, 5) is 4.49. The molecule has 1 aromatic heterocycles. The Morgan fingerprint density at radius 2 is 2.53 bits per heavy atom. The van der Waals surface area contributed by atoms with Crippen LogP contribution in [0.1, 0.15) is 30.3 Å². The summed E-state index contributed by atoms with van der Waals surface area (Å²) >= 11 is 2.12. The zero-order valence-corrected chi connectivity index (χ0v) is 9.89. The molecule has 1 saturated heterocycles. The summed E-state index contributed by atoms with van der Waals surface area (Å²) in [6, 6.07) is 0.536. The smallest absolute Gasteiger partial charge is 0.0949 e. The molecule has 0 saturated carbocycles. The second kappa shape index (κ2) is 3.83. The summed E-state index contributed by atoms with van der Waals surface area (Å²) in [6.07, 6.45) is 5.78. The van der Waals surface area contributed by atoms with Gasteiger partial charge in [-0.25, -0.2) is 4.98 Å². The zero-order valence-electron chi connectivity index (χ0n) is 9.07. The molecule has 0 radical (unpaired) electrons. The Morgan fingerprint density at radius 1 is 1.60 bits per heavy atom. The molecule has 0 bridgehead atoms. The molecule has 2 aliphatic heterocycles. The minimum Gasteiger partial charge on any atom is -0.336 e. The first-order chi connectivity index (χ1) is 7.36. The van der Waals surface area contributed by atoms with E-state index in [0.717, 1.165) is 18.2 Å². The number of thioether (sulfide) groups is 1. The van der Waals surface area contributed by atoms with Gasteiger partial charge in [0.1, 0.15) is 0 Å². The lowest BCUT2D eigenvalue weighted by atomic mass is 10.00. The molecule has 82 valence electrons. The van der Waals surface area contributed by atoms with Crippen molar-refractivity contribution in [3.8, 4) is 0 Å². The van der Waals surface area contributed by atoms with Gasteiger partial charge in [-0.15, -0.1) is 0 Å². The van der Waals surface area contributed by atoms with Crippen molar-refractivity contribution in [3.63, 3.8) is 0 Å². The Labute approximate surface area is 94.7 Å². The molecule has 3 nitrogen and oxygen atoms in total. The van der Waals surface area contributed by atoms with Gasteiger partial charge in [0.05, 0.1) is 23.8 Å². The lowest BCUT2D eigenvalue weighted by Gasteiger charge is -2.29. The summed E-state index contributed by atoms with van der Waals surface area (Å²) < 4.78 is 2.20. The quantitative estimate of drug-likeness (QED) is 0.782. The third kappa shape index (κ3) is 1.60. The highest BCUT2D eigenvalue weighted by Crippen LogP contribution is 2.38. The highest BCUT2D eigenvalue weighted by atomic mass is 32.2. The zero-order chi connectivity index (χ0) is 10.3. The van der Waals surface area contributed by atoms with Gasteiger partial charge in [-0.3, -0.25) is 0 Å². The van der Waals surface area contributed by atoms with E-state index >= 15 is 0 Å². The van der Waals surface area contributed by atoms with Crippen LogP contribution in [-0.2, 0) is 13.5 Å². The van der Waals surface area contributed by atoms with Crippen LogP contribution in [0.4, 0.5) is 0 Å². The molecule has 2 atom stereocenters. The van der Waals surface area contributed by atoms with E-state index in [2.05, 4.69) is 33.7 Å². The van der Waals surface area contributed by atoms with E-state index < -0.39 is 0 Å². The van der Waals surface area contributed by atoms with Gasteiger partial charge in [0.2, 0.25) is 0 Å². The Hall–Kier alpha value is -0.480. The van der Waals surface area contributed by atoms with Crippen LogP contribution in [0.15, 0.2) is 6.33 Å². The summed E-state index contributed by atoms with van der Waals surface area (Å²) in [5.74, 6) is 1.33. The maximum Gasteiger partial charge on any atom is 0.0949 e. The summed E-state index contributed by atoms with van der Waals surface area (Å²) in [6.45, 7) is 1.09. The second-order valence-corrected chi connectivity index (χ2v) is 5.77. The van der Waals surface area contributed by atoms with Gasteiger partial charge in [-0.1, -0.05) is 0 Å². The van der Waals surface area contributed by atoms with E-state index in [0.29, 0.717) is 6.04 Å². The van der Waals surface area contributed by atoms with Crippen LogP contribution in [-0.4, -0.2) is 27.1 Å². The fourth-order valence-corrected chi connectivity index (χ4v) is 4.08. The van der Waals surface area contributed by atoms with Crippen LogP contribution in [0.5, 0.6) is 0 Å². The highest BCUT2D eigenvalue weighted by molar-refractivity contribution is 8.00. The molecule has 15 heavy (non-hydrogen) atoms. The fraction of sp³-hybridized carbons (Fsp3) is 0.727. The Kier molecular flexibility index (Phi) is 2.48. The van der Waals surface area contributed by atoms with E-state index in [-0.39, 0.29) is 0 Å². The first kappa shape index (κ1) is 9.73. The van der Waals surface area contributed by atoms with Crippen LogP contribution in [0.3, 0.4) is 0 Å². The van der Waals surface area contributed by atoms with E-state index in [1.807, 2.05) is 6.33 Å². The topological polar surface area (TPSA) is 29.9 Å². The molecule has 1 aromatic rings. The second-order valence-electron chi connectivity index (χ2n) is 4.42. The molecule has 1 N–H and O–H groups in total. The molecule has 3 rings (SSSR count). The Balaban J connectivity index is 1.93. The average Bonchev–Trinajstić information content (AvgIpc) is 2.88. The maximum absolute atomic E-state index is 4.49. The third-order valence-corrected chi connectivity index (χ3v) is 4.88. The number of hydrogen-bond acceptors (Lipinski definition) is 3. The number of aryl methyl sites for hydroxylation is 1. The first-order valence-electron chi connectivity index (χ1n) is 5.71. The normalized spacial score (nSPS) is 30.5. The number of hydrogen-bond donors (Lipinski definition) is 1. The van der Waals surface area contributed by atoms with Crippen molar-refractivity contribution < 1.29 is 0 Å². The van der Waals surface area contributed by atoms with Gasteiger partial charge in [-0.05, 0) is 18.6 Å². The highest BCUT2D eigenvalue weighted by Gasteiger charge is 2.32. The van der Waals surface area contributed by atoms with Crippen LogP contribution in [0, 0.1) is 0 Å². The number of nitrogens with one attached hydrogen (secondary N) is 1. The molecule has 3 heterocycles. The van der Waals surface area contributed by atoms with E-state index in [9.17, 15) is 0 Å². The van der Waals surface area contributed by atoms with Crippen molar-refractivity contribution in [2.45, 2.75) is 30.6 Å². The SMILES string of the molecule is Cn1cnc2c1C(C1CCCS1)NCC2.